The quantitative estimate of drug-likeness (QED) is 0.803. The van der Waals surface area contributed by atoms with Gasteiger partial charge in [-0.05, 0) is 13.8 Å². The summed E-state index contributed by atoms with van der Waals surface area (Å²) in [7, 11) is 0. The maximum atomic E-state index is 12.4. The molecule has 0 bridgehead atoms. The van der Waals surface area contributed by atoms with E-state index in [1.807, 2.05) is 0 Å². The highest BCUT2D eigenvalue weighted by atomic mass is 19.4. The smallest absolute Gasteiger partial charge is 0.390 e. The number of nitrogens with zero attached hydrogens (tertiary/aromatic N) is 2. The van der Waals surface area contributed by atoms with Crippen LogP contribution < -0.4 is 0 Å². The van der Waals surface area contributed by atoms with Crippen molar-refractivity contribution in [2.75, 3.05) is 0 Å². The van der Waals surface area contributed by atoms with E-state index in [0.29, 0.717) is 6.54 Å². The van der Waals surface area contributed by atoms with Gasteiger partial charge in [0.15, 0.2) is 5.69 Å². The molecule has 0 saturated carbocycles. The van der Waals surface area contributed by atoms with Crippen molar-refractivity contribution in [1.82, 2.24) is 9.78 Å². The van der Waals surface area contributed by atoms with Crippen LogP contribution in [0.2, 0.25) is 0 Å². The second kappa shape index (κ2) is 3.61. The first-order valence-corrected chi connectivity index (χ1v) is 4.16. The second-order valence-corrected chi connectivity index (χ2v) is 2.89. The summed E-state index contributed by atoms with van der Waals surface area (Å²) >= 11 is 0. The van der Waals surface area contributed by atoms with Gasteiger partial charge in [-0.3, -0.25) is 4.68 Å². The van der Waals surface area contributed by atoms with E-state index >= 15 is 0 Å². The molecular weight excluding hydrogens is 197 g/mol. The van der Waals surface area contributed by atoms with Crippen LogP contribution in [0.1, 0.15) is 23.9 Å². The Kier molecular flexibility index (Phi) is 2.84. The Balaban J connectivity index is 3.28. The highest BCUT2D eigenvalue weighted by Gasteiger charge is 2.37. The van der Waals surface area contributed by atoms with Gasteiger partial charge in [0.25, 0.3) is 0 Å². The summed E-state index contributed by atoms with van der Waals surface area (Å²) in [5.74, 6) is 0. The fourth-order valence-electron chi connectivity index (χ4n) is 1.32. The summed E-state index contributed by atoms with van der Waals surface area (Å²) in [6.07, 6.45) is -4.45. The molecule has 0 unspecified atom stereocenters. The molecule has 0 atom stereocenters. The van der Waals surface area contributed by atoms with Gasteiger partial charge in [-0.15, -0.1) is 0 Å². The van der Waals surface area contributed by atoms with Crippen LogP contribution in [0.5, 0.6) is 0 Å². The van der Waals surface area contributed by atoms with E-state index in [0.717, 1.165) is 4.68 Å². The van der Waals surface area contributed by atoms with E-state index < -0.39 is 18.5 Å². The molecular formula is C8H11F3N2O. The lowest BCUT2D eigenvalue weighted by Crippen LogP contribution is -2.08. The number of aromatic nitrogens is 2. The minimum atomic E-state index is -4.45. The van der Waals surface area contributed by atoms with E-state index in [2.05, 4.69) is 5.10 Å². The third-order valence-corrected chi connectivity index (χ3v) is 2.04. The predicted molar refractivity (Wildman–Crippen MR) is 43.6 cm³/mol. The van der Waals surface area contributed by atoms with E-state index in [1.165, 1.54) is 6.92 Å². The molecule has 6 heteroatoms. The van der Waals surface area contributed by atoms with Crippen LogP contribution >= 0.6 is 0 Å². The van der Waals surface area contributed by atoms with Gasteiger partial charge in [-0.2, -0.15) is 18.3 Å². The molecule has 0 spiro atoms. The molecule has 3 nitrogen and oxygen atoms in total. The standard InChI is InChI=1S/C8H11F3N2O/c1-3-13-6(4-14)5(2)7(12-13)8(9,10)11/h14H,3-4H2,1-2H3. The lowest BCUT2D eigenvalue weighted by atomic mass is 10.2. The molecule has 0 aliphatic rings. The lowest BCUT2D eigenvalue weighted by Gasteiger charge is -2.02. The molecule has 0 fully saturated rings. The predicted octanol–water partition coefficient (Wildman–Crippen LogP) is 1.72. The number of aryl methyl sites for hydroxylation is 1. The maximum Gasteiger partial charge on any atom is 0.435 e. The first-order chi connectivity index (χ1) is 6.41. The summed E-state index contributed by atoms with van der Waals surface area (Å²) in [5.41, 5.74) is -0.690. The van der Waals surface area contributed by atoms with Crippen LogP contribution in [-0.2, 0) is 19.3 Å². The topological polar surface area (TPSA) is 38.0 Å². The fraction of sp³-hybridized carbons (Fsp3) is 0.625. The van der Waals surface area contributed by atoms with Gasteiger partial charge in [0, 0.05) is 12.1 Å². The molecule has 0 aliphatic heterocycles. The first kappa shape index (κ1) is 11.0. The number of hydrogen-bond acceptors (Lipinski definition) is 2. The summed E-state index contributed by atoms with van der Waals surface area (Å²) in [6, 6.07) is 0. The molecule has 1 N–H and O–H groups in total. The van der Waals surface area contributed by atoms with E-state index in [4.69, 9.17) is 5.11 Å². The van der Waals surface area contributed by atoms with E-state index in [1.54, 1.807) is 6.92 Å². The van der Waals surface area contributed by atoms with Gasteiger partial charge in [0.1, 0.15) is 0 Å². The van der Waals surface area contributed by atoms with Crippen LogP contribution in [0.4, 0.5) is 13.2 Å². The van der Waals surface area contributed by atoms with Crippen molar-refractivity contribution in [3.8, 4) is 0 Å². The monoisotopic (exact) mass is 208 g/mol. The number of halogens is 3. The summed E-state index contributed by atoms with van der Waals surface area (Å²) in [6.45, 7) is 2.87. The first-order valence-electron chi connectivity index (χ1n) is 4.16. The molecule has 1 rings (SSSR count). The molecule has 80 valence electrons. The van der Waals surface area contributed by atoms with E-state index in [-0.39, 0.29) is 11.3 Å². The van der Waals surface area contributed by atoms with Gasteiger partial charge in [-0.25, -0.2) is 0 Å². The Morgan fingerprint density at radius 1 is 1.43 bits per heavy atom. The Labute approximate surface area is 79.2 Å². The van der Waals surface area contributed by atoms with Gasteiger partial charge in [-0.1, -0.05) is 0 Å². The maximum absolute atomic E-state index is 12.4. The van der Waals surface area contributed by atoms with Crippen molar-refractivity contribution in [3.05, 3.63) is 17.0 Å². The molecule has 1 heterocycles. The number of rotatable bonds is 2. The zero-order valence-electron chi connectivity index (χ0n) is 7.89. The van der Waals surface area contributed by atoms with Crippen LogP contribution in [0.15, 0.2) is 0 Å². The van der Waals surface area contributed by atoms with Crippen molar-refractivity contribution in [2.24, 2.45) is 0 Å². The van der Waals surface area contributed by atoms with E-state index in [9.17, 15) is 13.2 Å². The third kappa shape index (κ3) is 1.75. The second-order valence-electron chi connectivity index (χ2n) is 2.89. The highest BCUT2D eigenvalue weighted by molar-refractivity contribution is 5.26. The van der Waals surface area contributed by atoms with Crippen LogP contribution in [0, 0.1) is 6.92 Å². The Hall–Kier alpha value is -1.04. The number of aliphatic hydroxyl groups is 1. The molecule has 0 aliphatic carbocycles. The zero-order valence-corrected chi connectivity index (χ0v) is 7.89. The molecule has 0 amide bonds. The number of alkyl halides is 3. The molecule has 0 radical (unpaired) electrons. The van der Waals surface area contributed by atoms with Crippen molar-refractivity contribution in [1.29, 1.82) is 0 Å². The zero-order chi connectivity index (χ0) is 10.9. The molecule has 1 aromatic heterocycles. The molecule has 1 aromatic rings. The summed E-state index contributed by atoms with van der Waals surface area (Å²) in [4.78, 5) is 0. The van der Waals surface area contributed by atoms with Gasteiger partial charge < -0.3 is 5.11 Å². The highest BCUT2D eigenvalue weighted by Crippen LogP contribution is 2.31. The average Bonchev–Trinajstić information content (AvgIpc) is 2.40. The van der Waals surface area contributed by atoms with Gasteiger partial charge >= 0.3 is 6.18 Å². The van der Waals surface area contributed by atoms with Crippen molar-refractivity contribution in [2.45, 2.75) is 33.2 Å². The van der Waals surface area contributed by atoms with Gasteiger partial charge in [0.05, 0.1) is 12.3 Å². The Morgan fingerprint density at radius 2 is 2.00 bits per heavy atom. The summed E-state index contributed by atoms with van der Waals surface area (Å²) < 4.78 is 38.2. The minimum Gasteiger partial charge on any atom is -0.390 e. The molecule has 0 aromatic carbocycles. The summed E-state index contributed by atoms with van der Waals surface area (Å²) in [5, 5.41) is 12.3. The van der Waals surface area contributed by atoms with Crippen molar-refractivity contribution >= 4 is 0 Å². The number of hydrogen-bond donors (Lipinski definition) is 1. The van der Waals surface area contributed by atoms with Crippen LogP contribution in [0.3, 0.4) is 0 Å². The van der Waals surface area contributed by atoms with Crippen LogP contribution in [-0.4, -0.2) is 14.9 Å². The SMILES string of the molecule is CCn1nc(C(F)(F)F)c(C)c1CO. The molecule has 14 heavy (non-hydrogen) atoms. The van der Waals surface area contributed by atoms with Crippen molar-refractivity contribution in [3.63, 3.8) is 0 Å². The lowest BCUT2D eigenvalue weighted by molar-refractivity contribution is -0.141. The average molecular weight is 208 g/mol. The molecule has 0 saturated heterocycles. The Bertz CT molecular complexity index is 330. The van der Waals surface area contributed by atoms with Crippen molar-refractivity contribution < 1.29 is 18.3 Å². The largest absolute Gasteiger partial charge is 0.435 e. The van der Waals surface area contributed by atoms with Gasteiger partial charge in [0.2, 0.25) is 0 Å². The normalized spacial score (nSPS) is 12.1. The number of aliphatic hydroxyl groups excluding tert-OH is 1. The van der Waals surface area contributed by atoms with Crippen LogP contribution in [0.25, 0.3) is 0 Å². The Morgan fingerprint density at radius 3 is 2.29 bits per heavy atom. The minimum absolute atomic E-state index is 0.00171. The fourth-order valence-corrected chi connectivity index (χ4v) is 1.32. The third-order valence-electron chi connectivity index (χ3n) is 2.04.